The standard InChI is InChI=1S/C35H51N3O6/c1-10-11-22-38(31(40)28(24(2)3)37-33(42)44-35(7,8)9)29(26-20-16-13-17-21-26)30(39)36-27(32(41)43-34(4,5)6)23-25-18-14-12-15-19-25/h12-21,24,27-29H,10-11,22-23H2,1-9H3,(H,36,39)(H,37,42). The molecule has 44 heavy (non-hydrogen) atoms. The number of carbonyl (C=O) groups is 4. The molecule has 0 radical (unpaired) electrons. The molecule has 0 fully saturated rings. The van der Waals surface area contributed by atoms with E-state index in [0.717, 1.165) is 12.0 Å². The molecule has 0 aliphatic carbocycles. The van der Waals surface area contributed by atoms with Crippen LogP contribution in [0.1, 0.15) is 92.3 Å². The monoisotopic (exact) mass is 609 g/mol. The maximum atomic E-state index is 14.3. The van der Waals surface area contributed by atoms with E-state index in [2.05, 4.69) is 10.6 Å². The first-order chi connectivity index (χ1) is 20.5. The lowest BCUT2D eigenvalue weighted by atomic mass is 9.98. The van der Waals surface area contributed by atoms with E-state index in [1.54, 1.807) is 65.8 Å². The molecule has 2 rings (SSSR count). The molecule has 2 N–H and O–H groups in total. The van der Waals surface area contributed by atoms with Crippen molar-refractivity contribution in [2.45, 2.75) is 111 Å². The van der Waals surface area contributed by atoms with Crippen LogP contribution in [0.2, 0.25) is 0 Å². The van der Waals surface area contributed by atoms with E-state index in [4.69, 9.17) is 9.47 Å². The van der Waals surface area contributed by atoms with Crippen LogP contribution in [-0.2, 0) is 30.3 Å². The fraction of sp³-hybridized carbons (Fsp3) is 0.543. The predicted octanol–water partition coefficient (Wildman–Crippen LogP) is 5.97. The largest absolute Gasteiger partial charge is 0.458 e. The first kappa shape index (κ1) is 36.3. The third-order valence-corrected chi connectivity index (χ3v) is 6.61. The Kier molecular flexibility index (Phi) is 13.4. The van der Waals surface area contributed by atoms with Crippen molar-refractivity contribution in [1.82, 2.24) is 15.5 Å². The zero-order chi connectivity index (χ0) is 33.1. The Balaban J connectivity index is 2.54. The Morgan fingerprint density at radius 1 is 0.795 bits per heavy atom. The number of esters is 1. The molecule has 0 bridgehead atoms. The van der Waals surface area contributed by atoms with Crippen molar-refractivity contribution in [3.05, 3.63) is 71.8 Å². The van der Waals surface area contributed by atoms with Gasteiger partial charge < -0.3 is 25.0 Å². The number of ether oxygens (including phenoxy) is 2. The Morgan fingerprint density at radius 3 is 1.84 bits per heavy atom. The average Bonchev–Trinajstić information content (AvgIpc) is 2.92. The summed E-state index contributed by atoms with van der Waals surface area (Å²) in [6, 6.07) is 15.3. The van der Waals surface area contributed by atoms with E-state index in [-0.39, 0.29) is 18.9 Å². The molecule has 0 saturated heterocycles. The molecule has 9 heteroatoms. The molecule has 0 aromatic heterocycles. The van der Waals surface area contributed by atoms with E-state index >= 15 is 0 Å². The lowest BCUT2D eigenvalue weighted by Crippen LogP contribution is -2.56. The zero-order valence-corrected chi connectivity index (χ0v) is 27.8. The molecule has 0 spiro atoms. The first-order valence-electron chi connectivity index (χ1n) is 15.4. The van der Waals surface area contributed by atoms with Gasteiger partial charge in [-0.15, -0.1) is 0 Å². The highest BCUT2D eigenvalue weighted by atomic mass is 16.6. The summed E-state index contributed by atoms with van der Waals surface area (Å²) < 4.78 is 11.1. The molecule has 2 aromatic rings. The smallest absolute Gasteiger partial charge is 0.408 e. The molecule has 9 nitrogen and oxygen atoms in total. The van der Waals surface area contributed by atoms with Crippen LogP contribution < -0.4 is 10.6 Å². The van der Waals surface area contributed by atoms with Crippen molar-refractivity contribution in [3.63, 3.8) is 0 Å². The third kappa shape index (κ3) is 12.0. The molecule has 0 aliphatic heterocycles. The zero-order valence-electron chi connectivity index (χ0n) is 27.8. The molecule has 0 saturated carbocycles. The average molecular weight is 610 g/mol. The normalized spacial score (nSPS) is 13.8. The van der Waals surface area contributed by atoms with Gasteiger partial charge in [0.1, 0.15) is 29.3 Å². The van der Waals surface area contributed by atoms with Crippen LogP contribution >= 0.6 is 0 Å². The second kappa shape index (κ2) is 16.3. The minimum absolute atomic E-state index is 0.209. The topological polar surface area (TPSA) is 114 Å². The minimum Gasteiger partial charge on any atom is -0.458 e. The van der Waals surface area contributed by atoms with Gasteiger partial charge in [-0.2, -0.15) is 0 Å². The highest BCUT2D eigenvalue weighted by Crippen LogP contribution is 2.25. The third-order valence-electron chi connectivity index (χ3n) is 6.61. The second-order valence-corrected chi connectivity index (χ2v) is 13.4. The maximum absolute atomic E-state index is 14.3. The molecule has 3 atom stereocenters. The van der Waals surface area contributed by atoms with E-state index in [1.165, 1.54) is 4.90 Å². The fourth-order valence-corrected chi connectivity index (χ4v) is 4.60. The second-order valence-electron chi connectivity index (χ2n) is 13.4. The van der Waals surface area contributed by atoms with E-state index in [0.29, 0.717) is 12.0 Å². The van der Waals surface area contributed by atoms with E-state index in [1.807, 2.05) is 57.2 Å². The number of carbonyl (C=O) groups excluding carboxylic acids is 4. The van der Waals surface area contributed by atoms with Crippen molar-refractivity contribution in [2.75, 3.05) is 6.54 Å². The summed E-state index contributed by atoms with van der Waals surface area (Å²) in [6.07, 6.45) is 0.890. The summed E-state index contributed by atoms with van der Waals surface area (Å²) in [4.78, 5) is 56.2. The highest BCUT2D eigenvalue weighted by Gasteiger charge is 2.39. The van der Waals surface area contributed by atoms with Gasteiger partial charge in [-0.05, 0) is 65.0 Å². The number of nitrogens with zero attached hydrogens (tertiary/aromatic N) is 1. The summed E-state index contributed by atoms with van der Waals surface area (Å²) in [5.74, 6) is -1.81. The Labute approximate surface area is 263 Å². The number of hydrogen-bond acceptors (Lipinski definition) is 6. The molecule has 242 valence electrons. The number of amides is 3. The van der Waals surface area contributed by atoms with Gasteiger partial charge in [-0.25, -0.2) is 9.59 Å². The molecular weight excluding hydrogens is 558 g/mol. The number of rotatable bonds is 13. The Hall–Kier alpha value is -3.88. The van der Waals surface area contributed by atoms with E-state index in [9.17, 15) is 19.2 Å². The van der Waals surface area contributed by atoms with Gasteiger partial charge in [-0.3, -0.25) is 9.59 Å². The minimum atomic E-state index is -1.07. The van der Waals surface area contributed by atoms with Gasteiger partial charge in [0.2, 0.25) is 11.8 Å². The van der Waals surface area contributed by atoms with Crippen molar-refractivity contribution in [3.8, 4) is 0 Å². The molecular formula is C35H51N3O6. The van der Waals surface area contributed by atoms with Gasteiger partial charge in [-0.1, -0.05) is 87.9 Å². The first-order valence-corrected chi connectivity index (χ1v) is 15.4. The Morgan fingerprint density at radius 2 is 1.34 bits per heavy atom. The van der Waals surface area contributed by atoms with Crippen molar-refractivity contribution < 1.29 is 28.7 Å². The predicted molar refractivity (Wildman–Crippen MR) is 172 cm³/mol. The molecule has 0 aliphatic rings. The van der Waals surface area contributed by atoms with Crippen molar-refractivity contribution >= 4 is 23.9 Å². The fourth-order valence-electron chi connectivity index (χ4n) is 4.60. The van der Waals surface area contributed by atoms with Crippen LogP contribution in [0.5, 0.6) is 0 Å². The lowest BCUT2D eigenvalue weighted by Gasteiger charge is -2.36. The summed E-state index contributed by atoms with van der Waals surface area (Å²) in [6.45, 7) is 16.5. The van der Waals surface area contributed by atoms with Crippen LogP contribution in [0.25, 0.3) is 0 Å². The molecule has 3 unspecified atom stereocenters. The van der Waals surface area contributed by atoms with Gasteiger partial charge >= 0.3 is 12.1 Å². The van der Waals surface area contributed by atoms with Gasteiger partial charge in [0.05, 0.1) is 0 Å². The quantitative estimate of drug-likeness (QED) is 0.270. The van der Waals surface area contributed by atoms with Crippen LogP contribution in [-0.4, -0.2) is 58.6 Å². The molecule has 2 aromatic carbocycles. The number of alkyl carbamates (subject to hydrolysis) is 1. The maximum Gasteiger partial charge on any atom is 0.408 e. The van der Waals surface area contributed by atoms with Crippen LogP contribution in [0.15, 0.2) is 60.7 Å². The number of benzene rings is 2. The highest BCUT2D eigenvalue weighted by molar-refractivity contribution is 5.94. The Bertz CT molecular complexity index is 1220. The molecule has 0 heterocycles. The lowest BCUT2D eigenvalue weighted by molar-refractivity contribution is -0.159. The number of unbranched alkanes of at least 4 members (excludes halogenated alkanes) is 1. The van der Waals surface area contributed by atoms with Crippen LogP contribution in [0, 0.1) is 5.92 Å². The van der Waals surface area contributed by atoms with Gasteiger partial charge in [0.25, 0.3) is 0 Å². The van der Waals surface area contributed by atoms with Gasteiger partial charge in [0.15, 0.2) is 0 Å². The van der Waals surface area contributed by atoms with Crippen molar-refractivity contribution in [1.29, 1.82) is 0 Å². The van der Waals surface area contributed by atoms with Crippen LogP contribution in [0.3, 0.4) is 0 Å². The number of nitrogens with one attached hydrogen (secondary N) is 2. The summed E-state index contributed by atoms with van der Waals surface area (Å²) in [7, 11) is 0. The summed E-state index contributed by atoms with van der Waals surface area (Å²) >= 11 is 0. The summed E-state index contributed by atoms with van der Waals surface area (Å²) in [5, 5.41) is 5.65. The van der Waals surface area contributed by atoms with Crippen LogP contribution in [0.4, 0.5) is 4.79 Å². The SMILES string of the molecule is CCCCN(C(=O)C(NC(=O)OC(C)(C)C)C(C)C)C(C(=O)NC(Cc1ccccc1)C(=O)OC(C)(C)C)c1ccccc1. The van der Waals surface area contributed by atoms with E-state index < -0.39 is 53.2 Å². The molecule has 3 amide bonds. The number of hydrogen-bond donors (Lipinski definition) is 2. The van der Waals surface area contributed by atoms with Gasteiger partial charge in [0, 0.05) is 13.0 Å². The van der Waals surface area contributed by atoms with Crippen molar-refractivity contribution in [2.24, 2.45) is 5.92 Å². The summed E-state index contributed by atoms with van der Waals surface area (Å²) in [5.41, 5.74) is -0.0910.